The lowest BCUT2D eigenvalue weighted by atomic mass is 9.82. The second-order valence-electron chi connectivity index (χ2n) is 10.6. The van der Waals surface area contributed by atoms with Crippen LogP contribution < -0.4 is 0 Å². The maximum absolute atomic E-state index is 13.1. The van der Waals surface area contributed by atoms with Crippen LogP contribution in [0.15, 0.2) is 80.5 Å². The van der Waals surface area contributed by atoms with E-state index in [1.165, 1.54) is 27.9 Å². The van der Waals surface area contributed by atoms with Crippen LogP contribution in [0.4, 0.5) is 0 Å². The van der Waals surface area contributed by atoms with E-state index in [1.54, 1.807) is 13.8 Å². The normalized spacial score (nSPS) is 15.7. The van der Waals surface area contributed by atoms with Crippen LogP contribution >= 0.6 is 0 Å². The number of Topliss-reactive ketones (excluding diaryl/α,β-unsaturated/α-hetero) is 2. The molecule has 0 bridgehead atoms. The van der Waals surface area contributed by atoms with Crippen molar-refractivity contribution >= 4 is 11.6 Å². The highest BCUT2D eigenvalue weighted by Gasteiger charge is 2.28. The molecule has 2 heteroatoms. The molecule has 0 atom stereocenters. The molecule has 0 unspecified atom stereocenters. The van der Waals surface area contributed by atoms with Crippen molar-refractivity contribution in [1.82, 2.24) is 0 Å². The third kappa shape index (κ3) is 11.2. The molecule has 2 nitrogen and oxygen atoms in total. The van der Waals surface area contributed by atoms with Crippen LogP contribution in [-0.4, -0.2) is 11.6 Å². The molecule has 1 aliphatic carbocycles. The van der Waals surface area contributed by atoms with E-state index in [-0.39, 0.29) is 11.6 Å². The Morgan fingerprint density at radius 2 is 0.829 bits per heavy atom. The fourth-order valence-electron chi connectivity index (χ4n) is 4.08. The molecular formula is C33H48O2. The summed E-state index contributed by atoms with van der Waals surface area (Å²) in [5.74, 6) is 0.0678. The number of carbonyl (C=O) groups is 2. The third-order valence-electron chi connectivity index (χ3n) is 6.68. The lowest BCUT2D eigenvalue weighted by Gasteiger charge is -2.20. The first-order chi connectivity index (χ1) is 16.4. The molecule has 0 saturated carbocycles. The van der Waals surface area contributed by atoms with Gasteiger partial charge in [-0.3, -0.25) is 9.59 Å². The summed E-state index contributed by atoms with van der Waals surface area (Å²) in [5.41, 5.74) is 9.20. The van der Waals surface area contributed by atoms with Gasteiger partial charge in [-0.2, -0.15) is 0 Å². The van der Waals surface area contributed by atoms with Gasteiger partial charge in [-0.1, -0.05) is 58.2 Å². The van der Waals surface area contributed by atoms with Crippen molar-refractivity contribution < 1.29 is 9.59 Å². The zero-order valence-electron chi connectivity index (χ0n) is 23.9. The average Bonchev–Trinajstić information content (AvgIpc) is 2.78. The van der Waals surface area contributed by atoms with Gasteiger partial charge < -0.3 is 0 Å². The minimum absolute atomic E-state index is 0.0337. The average molecular weight is 477 g/mol. The minimum Gasteiger partial charge on any atom is -0.289 e. The molecule has 0 aromatic carbocycles. The van der Waals surface area contributed by atoms with Crippen molar-refractivity contribution in [1.29, 1.82) is 0 Å². The van der Waals surface area contributed by atoms with E-state index in [2.05, 4.69) is 78.8 Å². The summed E-state index contributed by atoms with van der Waals surface area (Å²) in [7, 11) is 0. The summed E-state index contributed by atoms with van der Waals surface area (Å²) in [6.07, 6.45) is 18.4. The standard InChI is InChI=1S/C33H48O2/c1-23(2)13-10-15-25(5)17-12-18-27(7)20-22-31-30(32(34)28(8)29(9)33(31)35)21-19-26(6)16-11-14-24(3)4/h13-14,17,19-20H,10-12,15-16,18,21-22H2,1-9H3/b25-17+,26-19+,27-20-. The summed E-state index contributed by atoms with van der Waals surface area (Å²) < 4.78 is 0. The molecule has 0 N–H and O–H groups in total. The highest BCUT2D eigenvalue weighted by Crippen LogP contribution is 2.30. The Bertz CT molecular complexity index is 992. The maximum Gasteiger partial charge on any atom is 0.185 e. The third-order valence-corrected chi connectivity index (χ3v) is 6.68. The molecule has 0 aliphatic heterocycles. The SMILES string of the molecule is CC(C)=CCC/C(C)=C/CC/C(C)=C\CC1=C(C/C=C(\C)CCC=C(C)C)C(=O)C(C)=C(C)C1=O. The molecule has 1 aliphatic rings. The van der Waals surface area contributed by atoms with Crippen molar-refractivity contribution in [3.8, 4) is 0 Å². The number of hydrogen-bond donors (Lipinski definition) is 0. The van der Waals surface area contributed by atoms with Gasteiger partial charge in [-0.25, -0.2) is 0 Å². The van der Waals surface area contributed by atoms with Crippen molar-refractivity contribution in [2.75, 3.05) is 0 Å². The van der Waals surface area contributed by atoms with Gasteiger partial charge >= 0.3 is 0 Å². The van der Waals surface area contributed by atoms with Crippen LogP contribution in [0.25, 0.3) is 0 Å². The van der Waals surface area contributed by atoms with E-state index in [1.807, 2.05) is 0 Å². The van der Waals surface area contributed by atoms with E-state index in [0.717, 1.165) is 38.5 Å². The van der Waals surface area contributed by atoms with Crippen LogP contribution in [0.2, 0.25) is 0 Å². The zero-order chi connectivity index (χ0) is 26.5. The predicted molar refractivity (Wildman–Crippen MR) is 152 cm³/mol. The number of carbonyl (C=O) groups excluding carboxylic acids is 2. The molecule has 0 radical (unpaired) electrons. The van der Waals surface area contributed by atoms with Gasteiger partial charge in [-0.15, -0.1) is 0 Å². The summed E-state index contributed by atoms with van der Waals surface area (Å²) >= 11 is 0. The van der Waals surface area contributed by atoms with Gasteiger partial charge in [-0.05, 0) is 114 Å². The van der Waals surface area contributed by atoms with E-state index < -0.39 is 0 Å². The topological polar surface area (TPSA) is 34.1 Å². The van der Waals surface area contributed by atoms with E-state index in [0.29, 0.717) is 35.1 Å². The van der Waals surface area contributed by atoms with Crippen LogP contribution in [0.3, 0.4) is 0 Å². The van der Waals surface area contributed by atoms with E-state index in [4.69, 9.17) is 0 Å². The first-order valence-corrected chi connectivity index (χ1v) is 13.2. The number of rotatable bonds is 13. The van der Waals surface area contributed by atoms with Crippen molar-refractivity contribution in [2.24, 2.45) is 0 Å². The largest absolute Gasteiger partial charge is 0.289 e. The molecule has 0 aromatic heterocycles. The summed E-state index contributed by atoms with van der Waals surface area (Å²) in [4.78, 5) is 26.2. The Hall–Kier alpha value is -2.48. The van der Waals surface area contributed by atoms with Gasteiger partial charge in [0.15, 0.2) is 11.6 Å². The van der Waals surface area contributed by atoms with Crippen molar-refractivity contribution in [2.45, 2.75) is 114 Å². The molecular weight excluding hydrogens is 428 g/mol. The highest BCUT2D eigenvalue weighted by molar-refractivity contribution is 6.24. The van der Waals surface area contributed by atoms with Crippen LogP contribution in [-0.2, 0) is 9.59 Å². The van der Waals surface area contributed by atoms with E-state index >= 15 is 0 Å². The molecule has 0 spiro atoms. The minimum atomic E-state index is 0.0337. The Morgan fingerprint density at radius 3 is 1.17 bits per heavy atom. The Kier molecular flexibility index (Phi) is 13.5. The Labute approximate surface area is 215 Å². The van der Waals surface area contributed by atoms with Gasteiger partial charge in [0.1, 0.15) is 0 Å². The van der Waals surface area contributed by atoms with Crippen molar-refractivity contribution in [3.05, 3.63) is 80.5 Å². The predicted octanol–water partition coefficient (Wildman–Crippen LogP) is 9.66. The fraction of sp³-hybridized carbons (Fsp3) is 0.515. The van der Waals surface area contributed by atoms with Crippen molar-refractivity contribution in [3.63, 3.8) is 0 Å². The quantitative estimate of drug-likeness (QED) is 0.196. The summed E-state index contributed by atoms with van der Waals surface area (Å²) in [6.45, 7) is 18.5. The number of allylic oxidation sites excluding steroid dienone is 14. The Morgan fingerprint density at radius 1 is 0.514 bits per heavy atom. The fourth-order valence-corrected chi connectivity index (χ4v) is 4.08. The number of hydrogen-bond acceptors (Lipinski definition) is 2. The molecule has 192 valence electrons. The van der Waals surface area contributed by atoms with Crippen LogP contribution in [0.1, 0.15) is 114 Å². The number of ketones is 2. The molecule has 0 saturated heterocycles. The lowest BCUT2D eigenvalue weighted by molar-refractivity contribution is -0.116. The monoisotopic (exact) mass is 476 g/mol. The van der Waals surface area contributed by atoms with Gasteiger partial charge in [0.05, 0.1) is 0 Å². The molecule has 0 amide bonds. The van der Waals surface area contributed by atoms with Crippen LogP contribution in [0, 0.1) is 0 Å². The highest BCUT2D eigenvalue weighted by atomic mass is 16.1. The molecule has 0 heterocycles. The summed E-state index contributed by atoms with van der Waals surface area (Å²) in [6, 6.07) is 0. The van der Waals surface area contributed by atoms with Gasteiger partial charge in [0.2, 0.25) is 0 Å². The second-order valence-corrected chi connectivity index (χ2v) is 10.6. The summed E-state index contributed by atoms with van der Waals surface area (Å²) in [5, 5.41) is 0. The molecule has 35 heavy (non-hydrogen) atoms. The van der Waals surface area contributed by atoms with E-state index in [9.17, 15) is 9.59 Å². The second kappa shape index (κ2) is 15.5. The maximum atomic E-state index is 13.1. The van der Waals surface area contributed by atoms with Crippen LogP contribution in [0.5, 0.6) is 0 Å². The molecule has 1 rings (SSSR count). The first-order valence-electron chi connectivity index (χ1n) is 13.2. The zero-order valence-corrected chi connectivity index (χ0v) is 23.9. The first kappa shape index (κ1) is 30.6. The molecule has 0 fully saturated rings. The van der Waals surface area contributed by atoms with Gasteiger partial charge in [0, 0.05) is 22.3 Å². The Balaban J connectivity index is 2.92. The van der Waals surface area contributed by atoms with Gasteiger partial charge in [0.25, 0.3) is 0 Å². The smallest absolute Gasteiger partial charge is 0.185 e. The lowest BCUT2D eigenvalue weighted by Crippen LogP contribution is -2.21. The molecule has 0 aromatic rings.